The molecule has 0 radical (unpaired) electrons. The average molecular weight is 316 g/mol. The fourth-order valence-electron chi connectivity index (χ4n) is 2.50. The lowest BCUT2D eigenvalue weighted by Crippen LogP contribution is -2.08. The third-order valence-electron chi connectivity index (χ3n) is 3.52. The maximum absolute atomic E-state index is 13.8. The Morgan fingerprint density at radius 2 is 1.76 bits per heavy atom. The second kappa shape index (κ2) is 4.91. The monoisotopic (exact) mass is 315 g/mol. The molecule has 0 spiro atoms. The van der Waals surface area contributed by atoms with Gasteiger partial charge in [0, 0.05) is 5.02 Å². The van der Waals surface area contributed by atoms with Gasteiger partial charge in [0.05, 0.1) is 17.3 Å². The maximum atomic E-state index is 13.8. The minimum Gasteiger partial charge on any atom is -0.375 e. The van der Waals surface area contributed by atoms with E-state index in [4.69, 9.17) is 11.6 Å². The van der Waals surface area contributed by atoms with Crippen molar-refractivity contribution in [1.29, 1.82) is 0 Å². The molecule has 21 heavy (non-hydrogen) atoms. The van der Waals surface area contributed by atoms with E-state index in [1.807, 2.05) is 0 Å². The molecule has 1 unspecified atom stereocenters. The predicted octanol–water partition coefficient (Wildman–Crippen LogP) is 5.21. The normalized spacial score (nSPS) is 17.5. The van der Waals surface area contributed by atoms with Crippen molar-refractivity contribution in [3.63, 3.8) is 0 Å². The zero-order valence-corrected chi connectivity index (χ0v) is 11.4. The number of rotatable bonds is 1. The summed E-state index contributed by atoms with van der Waals surface area (Å²) in [6.45, 7) is 0. The highest BCUT2D eigenvalue weighted by molar-refractivity contribution is 6.30. The molecule has 0 aliphatic carbocycles. The van der Waals surface area contributed by atoms with Crippen molar-refractivity contribution in [3.05, 3.63) is 63.9 Å². The zero-order chi connectivity index (χ0) is 15.2. The van der Waals surface area contributed by atoms with Gasteiger partial charge < -0.3 is 5.32 Å². The quantitative estimate of drug-likeness (QED) is 0.713. The van der Waals surface area contributed by atoms with Gasteiger partial charge in [0.1, 0.15) is 5.82 Å². The van der Waals surface area contributed by atoms with E-state index in [0.29, 0.717) is 22.7 Å². The van der Waals surface area contributed by atoms with Gasteiger partial charge in [-0.15, -0.1) is 0 Å². The molecule has 0 aromatic heterocycles. The Bertz CT molecular complexity index is 679. The van der Waals surface area contributed by atoms with Crippen LogP contribution in [0.5, 0.6) is 0 Å². The van der Waals surface area contributed by atoms with Crippen molar-refractivity contribution in [1.82, 2.24) is 0 Å². The van der Waals surface area contributed by atoms with E-state index in [9.17, 15) is 17.6 Å². The Hall–Kier alpha value is -1.75. The Morgan fingerprint density at radius 3 is 2.38 bits per heavy atom. The fourth-order valence-corrected chi connectivity index (χ4v) is 2.73. The molecule has 0 amide bonds. The molecule has 1 aliphatic rings. The van der Waals surface area contributed by atoms with Crippen molar-refractivity contribution >= 4 is 17.3 Å². The number of halogens is 5. The summed E-state index contributed by atoms with van der Waals surface area (Å²) >= 11 is 5.80. The predicted molar refractivity (Wildman–Crippen MR) is 72.9 cm³/mol. The molecule has 1 atom stereocenters. The first-order chi connectivity index (χ1) is 9.84. The van der Waals surface area contributed by atoms with E-state index in [-0.39, 0.29) is 6.04 Å². The summed E-state index contributed by atoms with van der Waals surface area (Å²) in [5, 5.41) is 3.30. The molecule has 1 nitrogen and oxygen atoms in total. The highest BCUT2D eigenvalue weighted by atomic mass is 35.5. The van der Waals surface area contributed by atoms with Gasteiger partial charge in [-0.1, -0.05) is 23.7 Å². The minimum atomic E-state index is -4.36. The molecule has 6 heteroatoms. The Morgan fingerprint density at radius 1 is 1.10 bits per heavy atom. The summed E-state index contributed by atoms with van der Waals surface area (Å²) in [6, 6.07) is 7.50. The van der Waals surface area contributed by atoms with Gasteiger partial charge in [-0.2, -0.15) is 13.2 Å². The van der Waals surface area contributed by atoms with E-state index < -0.39 is 17.6 Å². The summed E-state index contributed by atoms with van der Waals surface area (Å²) < 4.78 is 51.4. The van der Waals surface area contributed by atoms with E-state index in [0.717, 1.165) is 17.7 Å². The van der Waals surface area contributed by atoms with Crippen molar-refractivity contribution in [2.24, 2.45) is 0 Å². The molecule has 0 bridgehead atoms. The van der Waals surface area contributed by atoms with Crippen LogP contribution in [0, 0.1) is 5.82 Å². The Balaban J connectivity index is 1.86. The van der Waals surface area contributed by atoms with E-state index in [2.05, 4.69) is 5.32 Å². The van der Waals surface area contributed by atoms with Gasteiger partial charge in [-0.25, -0.2) is 4.39 Å². The van der Waals surface area contributed by atoms with Crippen molar-refractivity contribution in [2.45, 2.75) is 18.6 Å². The lowest BCUT2D eigenvalue weighted by atomic mass is 10.0. The number of hydrogen-bond acceptors (Lipinski definition) is 1. The molecule has 2 aromatic carbocycles. The summed E-state index contributed by atoms with van der Waals surface area (Å²) in [7, 11) is 0. The summed E-state index contributed by atoms with van der Waals surface area (Å²) in [4.78, 5) is 0. The first-order valence-corrected chi connectivity index (χ1v) is 6.64. The lowest BCUT2D eigenvalue weighted by molar-refractivity contribution is -0.137. The first-order valence-electron chi connectivity index (χ1n) is 6.26. The van der Waals surface area contributed by atoms with Gasteiger partial charge in [-0.3, -0.25) is 0 Å². The Labute approximate surface area is 123 Å². The van der Waals surface area contributed by atoms with Crippen molar-refractivity contribution in [2.75, 3.05) is 5.32 Å². The molecule has 0 saturated carbocycles. The second-order valence-electron chi connectivity index (χ2n) is 4.94. The molecule has 0 saturated heterocycles. The van der Waals surface area contributed by atoms with Crippen LogP contribution in [0.25, 0.3) is 0 Å². The molecule has 0 fully saturated rings. The molecule has 110 valence electrons. The van der Waals surface area contributed by atoms with Crippen LogP contribution in [-0.2, 0) is 12.6 Å². The maximum Gasteiger partial charge on any atom is 0.416 e. The summed E-state index contributed by atoms with van der Waals surface area (Å²) in [5.41, 5.74) is 1.07. The number of hydrogen-bond donors (Lipinski definition) is 1. The number of fused-ring (bicyclic) bond motifs is 1. The van der Waals surface area contributed by atoms with E-state index in [1.54, 1.807) is 6.07 Å². The van der Waals surface area contributed by atoms with Crippen molar-refractivity contribution < 1.29 is 17.6 Å². The Kier molecular flexibility index (Phi) is 3.32. The van der Waals surface area contributed by atoms with Crippen molar-refractivity contribution in [3.8, 4) is 0 Å². The number of anilines is 1. The molecule has 1 N–H and O–H groups in total. The average Bonchev–Trinajstić information content (AvgIpc) is 2.82. The topological polar surface area (TPSA) is 12.0 Å². The second-order valence-corrected chi connectivity index (χ2v) is 5.38. The summed E-state index contributed by atoms with van der Waals surface area (Å²) in [5.74, 6) is -0.452. The molecule has 1 aliphatic heterocycles. The van der Waals surface area contributed by atoms with Crippen LogP contribution in [0.15, 0.2) is 36.4 Å². The SMILES string of the molecule is Fc1cc(Cl)cc2c1NC(c1ccc(C(F)(F)F)cc1)C2. The highest BCUT2D eigenvalue weighted by Gasteiger charge is 2.31. The first kappa shape index (κ1) is 14.2. The standard InChI is InChI=1S/C15H10ClF4N/c16-11-5-9-6-13(21-14(9)12(17)7-11)8-1-3-10(4-2-8)15(18,19)20/h1-5,7,13,21H,6H2. The van der Waals surface area contributed by atoms with Gasteiger partial charge in [0.15, 0.2) is 0 Å². The van der Waals surface area contributed by atoms with Gasteiger partial charge in [-0.05, 0) is 41.8 Å². The van der Waals surface area contributed by atoms with Gasteiger partial charge >= 0.3 is 6.18 Å². The molecular weight excluding hydrogens is 306 g/mol. The highest BCUT2D eigenvalue weighted by Crippen LogP contribution is 2.38. The molecule has 2 aromatic rings. The minimum absolute atomic E-state index is 0.254. The lowest BCUT2D eigenvalue weighted by Gasteiger charge is -2.13. The van der Waals surface area contributed by atoms with Crippen LogP contribution in [0.2, 0.25) is 5.02 Å². The number of benzene rings is 2. The van der Waals surface area contributed by atoms with Crippen LogP contribution in [0.1, 0.15) is 22.7 Å². The van der Waals surface area contributed by atoms with Crippen LogP contribution >= 0.6 is 11.6 Å². The van der Waals surface area contributed by atoms with Crippen LogP contribution < -0.4 is 5.32 Å². The third-order valence-corrected chi connectivity index (χ3v) is 3.74. The summed E-state index contributed by atoms with van der Waals surface area (Å²) in [6.07, 6.45) is -3.87. The van der Waals surface area contributed by atoms with Crippen LogP contribution in [0.3, 0.4) is 0 Å². The number of nitrogens with one attached hydrogen (secondary N) is 1. The molecule has 1 heterocycles. The van der Waals surface area contributed by atoms with Crippen LogP contribution in [-0.4, -0.2) is 0 Å². The number of alkyl halides is 3. The fraction of sp³-hybridized carbons (Fsp3) is 0.200. The van der Waals surface area contributed by atoms with Gasteiger partial charge in [0.25, 0.3) is 0 Å². The largest absolute Gasteiger partial charge is 0.416 e. The molecular formula is C15H10ClF4N. The molecule has 3 rings (SSSR count). The van der Waals surface area contributed by atoms with E-state index >= 15 is 0 Å². The smallest absolute Gasteiger partial charge is 0.375 e. The third kappa shape index (κ3) is 2.70. The van der Waals surface area contributed by atoms with Gasteiger partial charge in [0.2, 0.25) is 0 Å². The van der Waals surface area contributed by atoms with E-state index in [1.165, 1.54) is 18.2 Å². The zero-order valence-electron chi connectivity index (χ0n) is 10.6. The van der Waals surface area contributed by atoms with Crippen LogP contribution in [0.4, 0.5) is 23.2 Å².